The fourth-order valence-electron chi connectivity index (χ4n) is 9.29. The van der Waals surface area contributed by atoms with Gasteiger partial charge in [0.1, 0.15) is 18.1 Å². The third-order valence-electron chi connectivity index (χ3n) is 11.2. The third-order valence-corrected chi connectivity index (χ3v) is 11.7. The molecule has 0 amide bonds. The lowest BCUT2D eigenvalue weighted by Gasteiger charge is -2.65. The maximum Gasteiger partial charge on any atom is 0.339 e. The molecule has 4 fully saturated rings. The van der Waals surface area contributed by atoms with Gasteiger partial charge in [-0.2, -0.15) is 8.42 Å². The van der Waals surface area contributed by atoms with E-state index in [9.17, 15) is 27.9 Å². The number of ether oxygens (including phenoxy) is 1. The molecular weight excluding hydrogens is 539 g/mol. The molecule has 4 saturated carbocycles. The Labute approximate surface area is 235 Å². The van der Waals surface area contributed by atoms with E-state index in [1.165, 1.54) is 0 Å². The number of alkyl halides is 1. The van der Waals surface area contributed by atoms with Crippen LogP contribution in [0.25, 0.3) is 0 Å². The van der Waals surface area contributed by atoms with Crippen LogP contribution in [-0.2, 0) is 28.6 Å². The maximum absolute atomic E-state index is 17.6. The fourth-order valence-corrected chi connectivity index (χ4v) is 9.61. The average molecular weight is 579 g/mol. The molecule has 40 heavy (non-hydrogen) atoms. The Kier molecular flexibility index (Phi) is 7.11. The van der Waals surface area contributed by atoms with Crippen LogP contribution in [-0.4, -0.2) is 61.3 Å². The zero-order chi connectivity index (χ0) is 29.3. The molecule has 220 valence electrons. The number of carbonyl (C=O) groups is 3. The maximum atomic E-state index is 17.6. The van der Waals surface area contributed by atoms with Gasteiger partial charge in [0.2, 0.25) is 5.78 Å². The van der Waals surface area contributed by atoms with Crippen LogP contribution < -0.4 is 0 Å². The predicted octanol–water partition coefficient (Wildman–Crippen LogP) is 4.05. The summed E-state index contributed by atoms with van der Waals surface area (Å²) in [5.41, 5.74) is -5.70. The summed E-state index contributed by atoms with van der Waals surface area (Å²) in [6.07, 6.45) is 1.57. The molecule has 0 aliphatic heterocycles. The molecule has 3 unspecified atom stereocenters. The minimum atomic E-state index is -3.99. The van der Waals surface area contributed by atoms with E-state index >= 15 is 4.39 Å². The Hall–Kier alpha value is -2.17. The second-order valence-corrected chi connectivity index (χ2v) is 14.7. The molecule has 5 rings (SSSR count). The van der Waals surface area contributed by atoms with Crippen LogP contribution in [0, 0.1) is 34.5 Å². The summed E-state index contributed by atoms with van der Waals surface area (Å²) in [7, 11) is -3.99. The number of aliphatic hydroxyl groups is 1. The van der Waals surface area contributed by atoms with E-state index in [1.54, 1.807) is 44.2 Å². The average Bonchev–Trinajstić information content (AvgIpc) is 3.10. The number of benzene rings is 1. The van der Waals surface area contributed by atoms with Crippen LogP contribution in [0.15, 0.2) is 30.3 Å². The molecule has 9 atom stereocenters. The summed E-state index contributed by atoms with van der Waals surface area (Å²) in [6, 6.07) is 8.18. The lowest BCUT2D eigenvalue weighted by atomic mass is 9.42. The highest BCUT2D eigenvalue weighted by atomic mass is 32.2. The molecule has 10 heteroatoms. The van der Waals surface area contributed by atoms with E-state index in [0.717, 1.165) is 6.26 Å². The number of ketones is 2. The van der Waals surface area contributed by atoms with Crippen molar-refractivity contribution in [3.05, 3.63) is 35.9 Å². The number of carbonyl (C=O) groups excluding carboxylic acids is 3. The first kappa shape index (κ1) is 29.3. The van der Waals surface area contributed by atoms with Crippen molar-refractivity contribution in [2.24, 2.45) is 34.5 Å². The highest BCUT2D eigenvalue weighted by Crippen LogP contribution is 2.72. The van der Waals surface area contributed by atoms with Gasteiger partial charge in [0.25, 0.3) is 10.1 Å². The lowest BCUT2D eigenvalue weighted by molar-refractivity contribution is -0.254. The molecule has 0 spiro atoms. The van der Waals surface area contributed by atoms with Gasteiger partial charge in [-0.15, -0.1) is 0 Å². The Morgan fingerprint density at radius 3 is 2.42 bits per heavy atom. The van der Waals surface area contributed by atoms with Crippen molar-refractivity contribution in [3.63, 3.8) is 0 Å². The van der Waals surface area contributed by atoms with E-state index in [0.29, 0.717) is 32.1 Å². The van der Waals surface area contributed by atoms with Gasteiger partial charge in [0.15, 0.2) is 5.60 Å². The van der Waals surface area contributed by atoms with Gasteiger partial charge < -0.3 is 9.84 Å². The largest absolute Gasteiger partial charge is 0.446 e. The van der Waals surface area contributed by atoms with Crippen molar-refractivity contribution >= 4 is 27.7 Å². The van der Waals surface area contributed by atoms with Gasteiger partial charge in [0, 0.05) is 29.6 Å². The molecule has 0 aromatic heterocycles. The van der Waals surface area contributed by atoms with Crippen LogP contribution in [0.1, 0.15) is 76.1 Å². The van der Waals surface area contributed by atoms with Crippen LogP contribution in [0.4, 0.5) is 4.39 Å². The smallest absolute Gasteiger partial charge is 0.339 e. The van der Waals surface area contributed by atoms with Crippen molar-refractivity contribution < 1.29 is 41.2 Å². The Balaban J connectivity index is 1.59. The van der Waals surface area contributed by atoms with Crippen molar-refractivity contribution in [3.8, 4) is 0 Å². The van der Waals surface area contributed by atoms with Gasteiger partial charge in [-0.05, 0) is 62.0 Å². The van der Waals surface area contributed by atoms with Gasteiger partial charge in [0.05, 0.1) is 17.9 Å². The number of hydrogen-bond donors (Lipinski definition) is 1. The van der Waals surface area contributed by atoms with Crippen LogP contribution in [0.3, 0.4) is 0 Å². The van der Waals surface area contributed by atoms with Crippen molar-refractivity contribution in [1.29, 1.82) is 0 Å². The topological polar surface area (TPSA) is 124 Å². The third kappa shape index (κ3) is 4.11. The number of aliphatic hydroxyl groups excluding tert-OH is 1. The highest BCUT2D eigenvalue weighted by Gasteiger charge is 2.77. The molecule has 0 heterocycles. The van der Waals surface area contributed by atoms with E-state index in [-0.39, 0.29) is 30.1 Å². The summed E-state index contributed by atoms with van der Waals surface area (Å²) >= 11 is 0. The van der Waals surface area contributed by atoms with Crippen LogP contribution >= 0.6 is 0 Å². The minimum Gasteiger partial charge on any atom is -0.446 e. The predicted molar refractivity (Wildman–Crippen MR) is 143 cm³/mol. The molecular formula is C30H39FO8S. The molecule has 1 N–H and O–H groups in total. The van der Waals surface area contributed by atoms with E-state index in [1.807, 2.05) is 6.92 Å². The van der Waals surface area contributed by atoms with Crippen molar-refractivity contribution in [2.75, 3.05) is 12.9 Å². The summed E-state index contributed by atoms with van der Waals surface area (Å²) < 4.78 is 52.3. The lowest BCUT2D eigenvalue weighted by Crippen LogP contribution is -2.71. The Bertz CT molecular complexity index is 1320. The second-order valence-electron chi connectivity index (χ2n) is 13.1. The number of fused-ring (bicyclic) bond motifs is 5. The minimum absolute atomic E-state index is 0.123. The zero-order valence-corrected chi connectivity index (χ0v) is 24.3. The molecule has 1 aromatic carbocycles. The summed E-state index contributed by atoms with van der Waals surface area (Å²) in [6.45, 7) is 4.55. The molecule has 0 radical (unpaired) electrons. The van der Waals surface area contributed by atoms with E-state index < -0.39 is 74.4 Å². The van der Waals surface area contributed by atoms with Crippen LogP contribution in [0.2, 0.25) is 0 Å². The molecule has 0 bridgehead atoms. The quantitative estimate of drug-likeness (QED) is 0.396. The number of Topliss-reactive ketones (excluding diaryl/α,β-unsaturated/α-hetero) is 2. The molecule has 8 nitrogen and oxygen atoms in total. The number of halogens is 1. The van der Waals surface area contributed by atoms with Crippen molar-refractivity contribution in [2.45, 2.75) is 83.1 Å². The first-order valence-corrected chi connectivity index (χ1v) is 16.0. The van der Waals surface area contributed by atoms with Crippen LogP contribution in [0.5, 0.6) is 0 Å². The molecule has 4 aliphatic carbocycles. The molecule has 4 aliphatic rings. The standard InChI is InChI=1S/C30H39FO8S/c1-18-14-23-22-11-10-20-15-21(32)12-13-27(20,2)29(22,31)24(33)16-28(23,3)30(18,25(34)17-38-40(4,36)37)39-26(35)19-8-6-5-7-9-19/h5-9,18,20,22-24,33H,10-17H2,1-4H3/t18?,20?,22-,23-,24?,27-,28-,29-,30-/m0/s1. The number of hydrogen-bond acceptors (Lipinski definition) is 8. The normalized spacial score (nSPS) is 42.9. The summed E-state index contributed by atoms with van der Waals surface area (Å²) in [5.74, 6) is -3.18. The Morgan fingerprint density at radius 1 is 1.10 bits per heavy atom. The van der Waals surface area contributed by atoms with Gasteiger partial charge in [-0.1, -0.05) is 39.0 Å². The van der Waals surface area contributed by atoms with Crippen molar-refractivity contribution in [1.82, 2.24) is 0 Å². The monoisotopic (exact) mass is 578 g/mol. The van der Waals surface area contributed by atoms with E-state index in [2.05, 4.69) is 0 Å². The molecule has 0 saturated heterocycles. The first-order valence-electron chi connectivity index (χ1n) is 14.1. The highest BCUT2D eigenvalue weighted by molar-refractivity contribution is 7.86. The Morgan fingerprint density at radius 2 is 1.77 bits per heavy atom. The zero-order valence-electron chi connectivity index (χ0n) is 23.5. The second kappa shape index (κ2) is 9.70. The van der Waals surface area contributed by atoms with Gasteiger partial charge >= 0.3 is 5.97 Å². The van der Waals surface area contributed by atoms with Gasteiger partial charge in [-0.3, -0.25) is 13.8 Å². The SMILES string of the molecule is CC1C[C@H]2[C@@H]3CCC4CC(=O)CC[C@]4(C)[C@@]3(F)C(O)C[C@]2(C)[C@@]1(OC(=O)c1ccccc1)C(=O)COS(C)(=O)=O. The number of esters is 1. The summed E-state index contributed by atoms with van der Waals surface area (Å²) in [4.78, 5) is 39.8. The number of rotatable bonds is 6. The fraction of sp³-hybridized carbons (Fsp3) is 0.700. The molecule has 1 aromatic rings. The first-order chi connectivity index (χ1) is 18.6. The van der Waals surface area contributed by atoms with Gasteiger partial charge in [-0.25, -0.2) is 9.18 Å². The summed E-state index contributed by atoms with van der Waals surface area (Å²) in [5, 5.41) is 11.7. The van der Waals surface area contributed by atoms with E-state index in [4.69, 9.17) is 8.92 Å².